The van der Waals surface area contributed by atoms with E-state index in [1.807, 2.05) is 13.8 Å². The molecule has 0 saturated carbocycles. The molecule has 0 saturated heterocycles. The zero-order chi connectivity index (χ0) is 12.3. The van der Waals surface area contributed by atoms with Gasteiger partial charge in [-0.15, -0.1) is 0 Å². The molecule has 5 heteroatoms. The summed E-state index contributed by atoms with van der Waals surface area (Å²) in [5, 5.41) is 0. The van der Waals surface area contributed by atoms with Crippen molar-refractivity contribution >= 4 is 26.0 Å². The molecule has 0 unspecified atom stereocenters. The highest BCUT2D eigenvalue weighted by Gasteiger charge is 2.16. The molecular weight excluding hydrogens is 290 g/mol. The summed E-state index contributed by atoms with van der Waals surface area (Å²) in [6.45, 7) is 6.18. The fourth-order valence-electron chi connectivity index (χ4n) is 1.27. The van der Waals surface area contributed by atoms with Crippen molar-refractivity contribution in [1.29, 1.82) is 0 Å². The van der Waals surface area contributed by atoms with Crippen molar-refractivity contribution in [1.82, 2.24) is 4.72 Å². The van der Waals surface area contributed by atoms with Crippen LogP contribution in [0.3, 0.4) is 0 Å². The van der Waals surface area contributed by atoms with Crippen LogP contribution in [0.2, 0.25) is 0 Å². The molecule has 0 aliphatic rings. The van der Waals surface area contributed by atoms with Gasteiger partial charge in [0.2, 0.25) is 10.0 Å². The second-order valence-electron chi connectivity index (χ2n) is 4.16. The number of hydrogen-bond acceptors (Lipinski definition) is 2. The number of nitrogens with one attached hydrogen (secondary N) is 1. The fourth-order valence-corrected chi connectivity index (χ4v) is 3.18. The zero-order valence-corrected chi connectivity index (χ0v) is 12.0. The van der Waals surface area contributed by atoms with E-state index >= 15 is 0 Å². The van der Waals surface area contributed by atoms with Crippen LogP contribution in [0, 0.1) is 12.8 Å². The van der Waals surface area contributed by atoms with Gasteiger partial charge in [0, 0.05) is 11.0 Å². The van der Waals surface area contributed by atoms with Gasteiger partial charge in [-0.25, -0.2) is 13.1 Å². The summed E-state index contributed by atoms with van der Waals surface area (Å²) in [6, 6.07) is 5.14. The molecule has 0 radical (unpaired) electrons. The number of benzene rings is 1. The molecule has 0 fully saturated rings. The average molecular weight is 306 g/mol. The van der Waals surface area contributed by atoms with Gasteiger partial charge < -0.3 is 0 Å². The number of hydrogen-bond donors (Lipinski definition) is 1. The summed E-state index contributed by atoms with van der Waals surface area (Å²) in [6.07, 6.45) is 0. The summed E-state index contributed by atoms with van der Waals surface area (Å²) in [4.78, 5) is 0.344. The van der Waals surface area contributed by atoms with Crippen LogP contribution in [0.25, 0.3) is 0 Å². The van der Waals surface area contributed by atoms with E-state index in [4.69, 9.17) is 0 Å². The van der Waals surface area contributed by atoms with Gasteiger partial charge in [-0.3, -0.25) is 0 Å². The second-order valence-corrected chi connectivity index (χ2v) is 6.81. The highest BCUT2D eigenvalue weighted by atomic mass is 79.9. The third kappa shape index (κ3) is 3.57. The van der Waals surface area contributed by atoms with Crippen LogP contribution in [-0.2, 0) is 10.0 Å². The maximum Gasteiger partial charge on any atom is 0.240 e. The first-order chi connectivity index (χ1) is 7.33. The lowest BCUT2D eigenvalue weighted by Gasteiger charge is -2.11. The Morgan fingerprint density at radius 2 is 2.00 bits per heavy atom. The van der Waals surface area contributed by atoms with E-state index in [0.717, 1.165) is 10.0 Å². The molecule has 1 N–H and O–H groups in total. The van der Waals surface area contributed by atoms with Crippen LogP contribution in [0.5, 0.6) is 0 Å². The Morgan fingerprint density at radius 1 is 1.38 bits per heavy atom. The van der Waals surface area contributed by atoms with E-state index in [1.165, 1.54) is 0 Å². The summed E-state index contributed by atoms with van der Waals surface area (Å²) >= 11 is 3.31. The molecule has 16 heavy (non-hydrogen) atoms. The molecule has 0 spiro atoms. The summed E-state index contributed by atoms with van der Waals surface area (Å²) in [7, 11) is -3.37. The maximum atomic E-state index is 11.9. The highest BCUT2D eigenvalue weighted by molar-refractivity contribution is 9.10. The van der Waals surface area contributed by atoms with Crippen molar-refractivity contribution in [3.8, 4) is 0 Å². The van der Waals surface area contributed by atoms with Gasteiger partial charge in [-0.2, -0.15) is 0 Å². The van der Waals surface area contributed by atoms with E-state index in [0.29, 0.717) is 17.4 Å². The number of sulfonamides is 1. The molecule has 90 valence electrons. The molecule has 0 heterocycles. The predicted molar refractivity (Wildman–Crippen MR) is 68.9 cm³/mol. The van der Waals surface area contributed by atoms with Crippen molar-refractivity contribution in [3.63, 3.8) is 0 Å². The van der Waals surface area contributed by atoms with Crippen LogP contribution >= 0.6 is 15.9 Å². The first-order valence-electron chi connectivity index (χ1n) is 5.09. The van der Waals surface area contributed by atoms with Crippen LogP contribution < -0.4 is 4.72 Å². The third-order valence-corrected chi connectivity index (χ3v) is 4.19. The fraction of sp³-hybridized carbons (Fsp3) is 0.455. The Balaban J connectivity index is 2.99. The quantitative estimate of drug-likeness (QED) is 0.929. The Bertz CT molecular complexity index is 469. The zero-order valence-electron chi connectivity index (χ0n) is 9.62. The maximum absolute atomic E-state index is 11.9. The summed E-state index contributed by atoms with van der Waals surface area (Å²) in [5.74, 6) is 0.297. The van der Waals surface area contributed by atoms with Gasteiger partial charge in [-0.05, 0) is 36.6 Å². The highest BCUT2D eigenvalue weighted by Crippen LogP contribution is 2.19. The van der Waals surface area contributed by atoms with Crippen LogP contribution in [0.4, 0.5) is 0 Å². The van der Waals surface area contributed by atoms with Gasteiger partial charge in [0.15, 0.2) is 0 Å². The Morgan fingerprint density at radius 3 is 2.50 bits per heavy atom. The molecule has 0 amide bonds. The van der Waals surface area contributed by atoms with E-state index in [-0.39, 0.29) is 0 Å². The summed E-state index contributed by atoms with van der Waals surface area (Å²) < 4.78 is 27.4. The van der Waals surface area contributed by atoms with Gasteiger partial charge in [0.05, 0.1) is 4.90 Å². The number of halogens is 1. The van der Waals surface area contributed by atoms with E-state index in [2.05, 4.69) is 20.7 Å². The normalized spacial score (nSPS) is 12.1. The molecule has 0 aromatic heterocycles. The molecule has 0 atom stereocenters. The molecule has 0 aliphatic carbocycles. The van der Waals surface area contributed by atoms with E-state index in [9.17, 15) is 8.42 Å². The predicted octanol–water partition coefficient (Wildman–Crippen LogP) is 2.69. The van der Waals surface area contributed by atoms with Crippen molar-refractivity contribution in [2.75, 3.05) is 6.54 Å². The molecule has 0 aliphatic heterocycles. The molecular formula is C11H16BrNO2S. The largest absolute Gasteiger partial charge is 0.240 e. The van der Waals surface area contributed by atoms with E-state index in [1.54, 1.807) is 25.1 Å². The standard InChI is InChI=1S/C11H16BrNO2S/c1-8(2)7-13-16(14,15)11-5-4-10(12)6-9(11)3/h4-6,8,13H,7H2,1-3H3. The molecule has 1 rings (SSSR count). The van der Waals surface area contributed by atoms with Crippen LogP contribution in [0.1, 0.15) is 19.4 Å². The van der Waals surface area contributed by atoms with Crippen molar-refractivity contribution < 1.29 is 8.42 Å². The first kappa shape index (κ1) is 13.7. The molecule has 1 aromatic rings. The Kier molecular flexibility index (Phi) is 4.52. The number of rotatable bonds is 4. The van der Waals surface area contributed by atoms with Crippen molar-refractivity contribution in [3.05, 3.63) is 28.2 Å². The van der Waals surface area contributed by atoms with Gasteiger partial charge in [-0.1, -0.05) is 29.8 Å². The van der Waals surface area contributed by atoms with Gasteiger partial charge in [0.1, 0.15) is 0 Å². The lowest BCUT2D eigenvalue weighted by atomic mass is 10.2. The minimum Gasteiger partial charge on any atom is -0.211 e. The van der Waals surface area contributed by atoms with Gasteiger partial charge in [0.25, 0.3) is 0 Å². The summed E-state index contributed by atoms with van der Waals surface area (Å²) in [5.41, 5.74) is 0.741. The lowest BCUT2D eigenvalue weighted by Crippen LogP contribution is -2.28. The minimum atomic E-state index is -3.37. The average Bonchev–Trinajstić information content (AvgIpc) is 2.14. The molecule has 1 aromatic carbocycles. The topological polar surface area (TPSA) is 46.2 Å². The van der Waals surface area contributed by atoms with E-state index < -0.39 is 10.0 Å². The lowest BCUT2D eigenvalue weighted by molar-refractivity contribution is 0.559. The Hall–Kier alpha value is -0.390. The Labute approximate surface area is 105 Å². The van der Waals surface area contributed by atoms with Crippen LogP contribution in [0.15, 0.2) is 27.6 Å². The minimum absolute atomic E-state index is 0.297. The van der Waals surface area contributed by atoms with Crippen LogP contribution in [-0.4, -0.2) is 15.0 Å². The van der Waals surface area contributed by atoms with Crippen molar-refractivity contribution in [2.24, 2.45) is 5.92 Å². The second kappa shape index (κ2) is 5.29. The van der Waals surface area contributed by atoms with Gasteiger partial charge >= 0.3 is 0 Å². The SMILES string of the molecule is Cc1cc(Br)ccc1S(=O)(=O)NCC(C)C. The molecule has 0 bridgehead atoms. The van der Waals surface area contributed by atoms with Crippen molar-refractivity contribution in [2.45, 2.75) is 25.7 Å². The number of aryl methyl sites for hydroxylation is 1. The third-order valence-electron chi connectivity index (χ3n) is 2.11. The monoisotopic (exact) mass is 305 g/mol. The smallest absolute Gasteiger partial charge is 0.211 e. The first-order valence-corrected chi connectivity index (χ1v) is 7.36. The molecule has 3 nitrogen and oxygen atoms in total.